The Balaban J connectivity index is 0.000000351. The zero-order valence-electron chi connectivity index (χ0n) is 12.6. The highest BCUT2D eigenvalue weighted by Crippen LogP contribution is 2.11. The van der Waals surface area contributed by atoms with Crippen LogP contribution < -0.4 is 0 Å². The van der Waals surface area contributed by atoms with Crippen LogP contribution in [0, 0.1) is 12.8 Å². The summed E-state index contributed by atoms with van der Waals surface area (Å²) in [6.07, 6.45) is 2.35. The normalized spacial score (nSPS) is 11.4. The van der Waals surface area contributed by atoms with Gasteiger partial charge in [0.25, 0.3) is 0 Å². The largest absolute Gasteiger partial charge is 0.496 e. The zero-order chi connectivity index (χ0) is 14.0. The molecule has 18 heavy (non-hydrogen) atoms. The molecular weight excluding hydrogens is 220 g/mol. The van der Waals surface area contributed by atoms with Crippen molar-refractivity contribution in [3.8, 4) is 0 Å². The van der Waals surface area contributed by atoms with E-state index in [2.05, 4.69) is 53.3 Å². The summed E-state index contributed by atoms with van der Waals surface area (Å²) in [5, 5.41) is 0. The Hall–Kier alpha value is -1.24. The van der Waals surface area contributed by atoms with E-state index in [-0.39, 0.29) is 0 Å². The summed E-state index contributed by atoms with van der Waals surface area (Å²) in [5.74, 6) is 1.60. The first-order valence-electron chi connectivity index (χ1n) is 6.81. The molecule has 1 unspecified atom stereocenters. The molecule has 0 aromatic heterocycles. The Kier molecular flexibility index (Phi) is 9.08. The standard InChI is InChI=1S/C10H20O.C7H8/c1-6-9(4)11-10(5)7-8(2)3;1-7-5-3-2-4-6-7/h8,10H,4,6-7H2,1-3,5H3;2-6H,1H3. The molecule has 1 aromatic carbocycles. The second-order valence-electron chi connectivity index (χ2n) is 5.10. The molecule has 1 atom stereocenters. The van der Waals surface area contributed by atoms with Gasteiger partial charge < -0.3 is 4.74 Å². The van der Waals surface area contributed by atoms with Crippen molar-refractivity contribution in [2.24, 2.45) is 5.92 Å². The average molecular weight is 248 g/mol. The minimum Gasteiger partial charge on any atom is -0.496 e. The smallest absolute Gasteiger partial charge is 0.0956 e. The van der Waals surface area contributed by atoms with Crippen LogP contribution in [0.1, 0.15) is 46.1 Å². The van der Waals surface area contributed by atoms with Crippen LogP contribution in [-0.4, -0.2) is 6.10 Å². The molecular formula is C17H28O. The number of hydrogen-bond donors (Lipinski definition) is 0. The fourth-order valence-electron chi connectivity index (χ4n) is 1.61. The molecule has 0 aliphatic heterocycles. The summed E-state index contributed by atoms with van der Waals surface area (Å²) in [7, 11) is 0. The van der Waals surface area contributed by atoms with Gasteiger partial charge in [-0.1, -0.05) is 63.2 Å². The Morgan fingerprint density at radius 3 is 2.06 bits per heavy atom. The van der Waals surface area contributed by atoms with Gasteiger partial charge in [-0.3, -0.25) is 0 Å². The second kappa shape index (κ2) is 9.76. The van der Waals surface area contributed by atoms with Gasteiger partial charge in [0.1, 0.15) is 0 Å². The average Bonchev–Trinajstić information content (AvgIpc) is 2.29. The van der Waals surface area contributed by atoms with Crippen LogP contribution in [0.3, 0.4) is 0 Å². The number of allylic oxidation sites excluding steroid dienone is 1. The van der Waals surface area contributed by atoms with E-state index >= 15 is 0 Å². The number of ether oxygens (including phenoxy) is 1. The van der Waals surface area contributed by atoms with E-state index in [0.717, 1.165) is 18.6 Å². The Labute approximate surface area is 113 Å². The lowest BCUT2D eigenvalue weighted by Gasteiger charge is -2.17. The van der Waals surface area contributed by atoms with Crippen molar-refractivity contribution in [2.75, 3.05) is 0 Å². The van der Waals surface area contributed by atoms with E-state index < -0.39 is 0 Å². The van der Waals surface area contributed by atoms with Crippen molar-refractivity contribution in [1.82, 2.24) is 0 Å². The highest BCUT2D eigenvalue weighted by atomic mass is 16.5. The molecule has 102 valence electrons. The fourth-order valence-corrected chi connectivity index (χ4v) is 1.61. The molecule has 1 nitrogen and oxygen atoms in total. The van der Waals surface area contributed by atoms with Crippen molar-refractivity contribution in [3.05, 3.63) is 48.2 Å². The first-order valence-corrected chi connectivity index (χ1v) is 6.81. The molecule has 0 radical (unpaired) electrons. The number of rotatable bonds is 5. The fraction of sp³-hybridized carbons (Fsp3) is 0.529. The zero-order valence-corrected chi connectivity index (χ0v) is 12.6. The molecule has 1 heteroatoms. The topological polar surface area (TPSA) is 9.23 Å². The summed E-state index contributed by atoms with van der Waals surface area (Å²) in [6, 6.07) is 10.3. The molecule has 0 aliphatic carbocycles. The molecule has 0 saturated heterocycles. The summed E-state index contributed by atoms with van der Waals surface area (Å²) < 4.78 is 5.52. The van der Waals surface area contributed by atoms with Gasteiger partial charge in [-0.25, -0.2) is 0 Å². The van der Waals surface area contributed by atoms with Gasteiger partial charge in [0.05, 0.1) is 11.9 Å². The number of benzene rings is 1. The van der Waals surface area contributed by atoms with E-state index in [0.29, 0.717) is 12.0 Å². The van der Waals surface area contributed by atoms with Crippen LogP contribution >= 0.6 is 0 Å². The van der Waals surface area contributed by atoms with Crippen molar-refractivity contribution in [3.63, 3.8) is 0 Å². The molecule has 0 saturated carbocycles. The third-order valence-electron chi connectivity index (χ3n) is 2.51. The molecule has 1 aromatic rings. The summed E-state index contributed by atoms with van der Waals surface area (Å²) in [4.78, 5) is 0. The molecule has 0 aliphatic rings. The lowest BCUT2D eigenvalue weighted by molar-refractivity contribution is 0.108. The van der Waals surface area contributed by atoms with Crippen LogP contribution in [0.2, 0.25) is 0 Å². The van der Waals surface area contributed by atoms with E-state index in [1.54, 1.807) is 0 Å². The molecule has 0 amide bonds. The predicted molar refractivity (Wildman–Crippen MR) is 80.6 cm³/mol. The van der Waals surface area contributed by atoms with Gasteiger partial charge in [-0.05, 0) is 26.2 Å². The molecule has 1 rings (SSSR count). The van der Waals surface area contributed by atoms with Gasteiger partial charge >= 0.3 is 0 Å². The number of hydrogen-bond acceptors (Lipinski definition) is 1. The second-order valence-corrected chi connectivity index (χ2v) is 5.10. The van der Waals surface area contributed by atoms with Crippen molar-refractivity contribution in [2.45, 2.75) is 53.6 Å². The van der Waals surface area contributed by atoms with E-state index in [9.17, 15) is 0 Å². The third kappa shape index (κ3) is 9.95. The third-order valence-corrected chi connectivity index (χ3v) is 2.51. The summed E-state index contributed by atoms with van der Waals surface area (Å²) in [6.45, 7) is 14.4. The number of aryl methyl sites for hydroxylation is 1. The molecule has 0 fully saturated rings. The Bertz CT molecular complexity index is 314. The molecule has 0 bridgehead atoms. The van der Waals surface area contributed by atoms with Crippen molar-refractivity contribution in [1.29, 1.82) is 0 Å². The molecule has 0 spiro atoms. The summed E-state index contributed by atoms with van der Waals surface area (Å²) >= 11 is 0. The van der Waals surface area contributed by atoms with Gasteiger partial charge in [0.15, 0.2) is 0 Å². The predicted octanol–water partition coefficient (Wildman–Crippen LogP) is 5.36. The quantitative estimate of drug-likeness (QED) is 0.638. The van der Waals surface area contributed by atoms with Crippen LogP contribution in [0.4, 0.5) is 0 Å². The van der Waals surface area contributed by atoms with Gasteiger partial charge in [-0.15, -0.1) is 0 Å². The van der Waals surface area contributed by atoms with E-state index in [1.165, 1.54) is 5.56 Å². The lowest BCUT2D eigenvalue weighted by Crippen LogP contribution is -2.10. The monoisotopic (exact) mass is 248 g/mol. The summed E-state index contributed by atoms with van der Waals surface area (Å²) in [5.41, 5.74) is 1.32. The van der Waals surface area contributed by atoms with Crippen LogP contribution in [0.25, 0.3) is 0 Å². The highest BCUT2D eigenvalue weighted by molar-refractivity contribution is 5.11. The minimum atomic E-state index is 0.322. The van der Waals surface area contributed by atoms with Crippen LogP contribution in [-0.2, 0) is 4.74 Å². The minimum absolute atomic E-state index is 0.322. The molecule has 0 N–H and O–H groups in total. The van der Waals surface area contributed by atoms with Crippen molar-refractivity contribution >= 4 is 0 Å². The highest BCUT2D eigenvalue weighted by Gasteiger charge is 2.05. The maximum atomic E-state index is 5.52. The first-order chi connectivity index (χ1) is 8.45. The molecule has 0 heterocycles. The first kappa shape index (κ1) is 16.8. The van der Waals surface area contributed by atoms with Crippen molar-refractivity contribution < 1.29 is 4.74 Å². The van der Waals surface area contributed by atoms with E-state index in [1.807, 2.05) is 18.2 Å². The van der Waals surface area contributed by atoms with Crippen LogP contribution in [0.5, 0.6) is 0 Å². The van der Waals surface area contributed by atoms with Gasteiger partial charge in [0.2, 0.25) is 0 Å². The van der Waals surface area contributed by atoms with Gasteiger partial charge in [-0.2, -0.15) is 0 Å². The van der Waals surface area contributed by atoms with Gasteiger partial charge in [0, 0.05) is 6.42 Å². The van der Waals surface area contributed by atoms with Crippen LogP contribution in [0.15, 0.2) is 42.7 Å². The SMILES string of the molecule is C=C(CC)OC(C)CC(C)C.Cc1ccccc1. The Morgan fingerprint density at radius 2 is 1.72 bits per heavy atom. The lowest BCUT2D eigenvalue weighted by atomic mass is 10.1. The Morgan fingerprint density at radius 1 is 1.17 bits per heavy atom. The van der Waals surface area contributed by atoms with E-state index in [4.69, 9.17) is 4.74 Å². The maximum absolute atomic E-state index is 5.52. The maximum Gasteiger partial charge on any atom is 0.0956 e.